The number of carbonyl (C=O) groups is 1. The highest BCUT2D eigenvalue weighted by Crippen LogP contribution is 2.35. The molecule has 7 nitrogen and oxygen atoms in total. The normalized spacial score (nSPS) is 11.0. The SMILES string of the molecule is COc1ccc(N(CCC(=O)O)S(=O)(=O)c2ccc(Br)cc2)c(OC)c1. The number of rotatable bonds is 8. The maximum atomic E-state index is 13.1. The average Bonchev–Trinajstić information content (AvgIpc) is 2.61. The van der Waals surface area contributed by atoms with Gasteiger partial charge in [0, 0.05) is 17.1 Å². The predicted octanol–water partition coefficient (Wildman–Crippen LogP) is 3.14. The number of hydrogen-bond donors (Lipinski definition) is 1. The van der Waals surface area contributed by atoms with E-state index in [0.29, 0.717) is 5.75 Å². The van der Waals surface area contributed by atoms with Crippen molar-refractivity contribution in [3.8, 4) is 11.5 Å². The van der Waals surface area contributed by atoms with E-state index >= 15 is 0 Å². The first-order valence-corrected chi connectivity index (χ1v) is 9.75. The van der Waals surface area contributed by atoms with Crippen molar-refractivity contribution in [3.05, 3.63) is 46.9 Å². The van der Waals surface area contributed by atoms with Crippen molar-refractivity contribution in [1.29, 1.82) is 0 Å². The fourth-order valence-corrected chi connectivity index (χ4v) is 4.03. The Hall–Kier alpha value is -2.26. The van der Waals surface area contributed by atoms with Gasteiger partial charge in [0.05, 0.1) is 31.2 Å². The Morgan fingerprint density at radius 1 is 1.12 bits per heavy atom. The van der Waals surface area contributed by atoms with Crippen LogP contribution in [-0.2, 0) is 14.8 Å². The number of ether oxygens (including phenoxy) is 2. The molecule has 2 aromatic rings. The number of nitrogens with zero attached hydrogens (tertiary/aromatic N) is 1. The van der Waals surface area contributed by atoms with Crippen LogP contribution in [0.4, 0.5) is 5.69 Å². The van der Waals surface area contributed by atoms with Gasteiger partial charge in [0.1, 0.15) is 11.5 Å². The second-order valence-corrected chi connectivity index (χ2v) is 7.99. The second kappa shape index (κ2) is 8.41. The van der Waals surface area contributed by atoms with Gasteiger partial charge in [-0.2, -0.15) is 0 Å². The zero-order chi connectivity index (χ0) is 19.3. The smallest absolute Gasteiger partial charge is 0.305 e. The Kier molecular flexibility index (Phi) is 6.49. The summed E-state index contributed by atoms with van der Waals surface area (Å²) in [6, 6.07) is 10.8. The van der Waals surface area contributed by atoms with Crippen LogP contribution in [0.25, 0.3) is 0 Å². The first-order chi connectivity index (χ1) is 12.3. The highest BCUT2D eigenvalue weighted by atomic mass is 79.9. The first kappa shape index (κ1) is 20.1. The molecule has 0 aliphatic rings. The maximum absolute atomic E-state index is 13.1. The molecule has 0 bridgehead atoms. The zero-order valence-corrected chi connectivity index (χ0v) is 16.6. The van der Waals surface area contributed by atoms with Crippen LogP contribution in [-0.4, -0.2) is 40.3 Å². The van der Waals surface area contributed by atoms with Crippen molar-refractivity contribution >= 4 is 37.6 Å². The average molecular weight is 444 g/mol. The van der Waals surface area contributed by atoms with Crippen LogP contribution in [0.1, 0.15) is 6.42 Å². The lowest BCUT2D eigenvalue weighted by molar-refractivity contribution is -0.136. The van der Waals surface area contributed by atoms with Crippen LogP contribution in [0.15, 0.2) is 51.8 Å². The van der Waals surface area contributed by atoms with Gasteiger partial charge in [-0.1, -0.05) is 15.9 Å². The molecule has 0 aromatic heterocycles. The van der Waals surface area contributed by atoms with Crippen molar-refractivity contribution in [1.82, 2.24) is 0 Å². The Labute approximate surface area is 160 Å². The molecule has 1 N–H and O–H groups in total. The van der Waals surface area contributed by atoms with Crippen molar-refractivity contribution in [2.45, 2.75) is 11.3 Å². The number of hydrogen-bond acceptors (Lipinski definition) is 5. The van der Waals surface area contributed by atoms with Crippen molar-refractivity contribution in [2.24, 2.45) is 0 Å². The van der Waals surface area contributed by atoms with Gasteiger partial charge in [-0.15, -0.1) is 0 Å². The highest BCUT2D eigenvalue weighted by molar-refractivity contribution is 9.10. The number of anilines is 1. The van der Waals surface area contributed by atoms with Crippen LogP contribution in [0.5, 0.6) is 11.5 Å². The van der Waals surface area contributed by atoms with E-state index in [2.05, 4.69) is 15.9 Å². The molecular weight excluding hydrogens is 426 g/mol. The van der Waals surface area contributed by atoms with Crippen molar-refractivity contribution in [3.63, 3.8) is 0 Å². The molecule has 0 amide bonds. The molecule has 0 heterocycles. The summed E-state index contributed by atoms with van der Waals surface area (Å²) in [5.41, 5.74) is 0.234. The lowest BCUT2D eigenvalue weighted by Gasteiger charge is -2.26. The molecule has 2 aromatic carbocycles. The summed E-state index contributed by atoms with van der Waals surface area (Å²) in [4.78, 5) is 11.1. The van der Waals surface area contributed by atoms with Gasteiger partial charge < -0.3 is 14.6 Å². The Morgan fingerprint density at radius 3 is 2.31 bits per heavy atom. The number of aliphatic carboxylic acids is 1. The second-order valence-electron chi connectivity index (χ2n) is 5.21. The molecular formula is C17H18BrNO6S. The molecule has 0 aliphatic heterocycles. The van der Waals surface area contributed by atoms with E-state index in [9.17, 15) is 13.2 Å². The number of carboxylic acids is 1. The molecule has 0 saturated carbocycles. The number of halogens is 1. The van der Waals surface area contributed by atoms with Crippen LogP contribution in [0.2, 0.25) is 0 Å². The predicted molar refractivity (Wildman–Crippen MR) is 100 cm³/mol. The Morgan fingerprint density at radius 2 is 1.77 bits per heavy atom. The lowest BCUT2D eigenvalue weighted by atomic mass is 10.2. The van der Waals surface area contributed by atoms with E-state index in [1.165, 1.54) is 32.4 Å². The van der Waals surface area contributed by atoms with E-state index < -0.39 is 16.0 Å². The monoisotopic (exact) mass is 443 g/mol. The summed E-state index contributed by atoms with van der Waals surface area (Å²) in [5.74, 6) is -0.353. The summed E-state index contributed by atoms with van der Waals surface area (Å²) in [5, 5.41) is 9.01. The summed E-state index contributed by atoms with van der Waals surface area (Å²) < 4.78 is 38.4. The number of benzene rings is 2. The summed E-state index contributed by atoms with van der Waals surface area (Å²) >= 11 is 3.26. The van der Waals surface area contributed by atoms with E-state index in [1.54, 1.807) is 24.3 Å². The Bertz CT molecular complexity index is 883. The molecule has 0 saturated heterocycles. The van der Waals surface area contributed by atoms with Gasteiger partial charge in [0.25, 0.3) is 10.0 Å². The molecule has 2 rings (SSSR count). The molecule has 26 heavy (non-hydrogen) atoms. The van der Waals surface area contributed by atoms with E-state index in [4.69, 9.17) is 14.6 Å². The van der Waals surface area contributed by atoms with Gasteiger partial charge >= 0.3 is 5.97 Å². The topological polar surface area (TPSA) is 93.1 Å². The van der Waals surface area contributed by atoms with E-state index in [1.807, 2.05) is 0 Å². The van der Waals surface area contributed by atoms with Crippen LogP contribution in [0, 0.1) is 0 Å². The minimum Gasteiger partial charge on any atom is -0.497 e. The third-order valence-electron chi connectivity index (χ3n) is 3.59. The van der Waals surface area contributed by atoms with Crippen LogP contribution < -0.4 is 13.8 Å². The maximum Gasteiger partial charge on any atom is 0.305 e. The Balaban J connectivity index is 2.56. The molecule has 0 spiro atoms. The third-order valence-corrected chi connectivity index (χ3v) is 5.94. The van der Waals surface area contributed by atoms with Gasteiger partial charge in [-0.25, -0.2) is 8.42 Å². The fraction of sp³-hybridized carbons (Fsp3) is 0.235. The summed E-state index contributed by atoms with van der Waals surface area (Å²) in [7, 11) is -1.11. The van der Waals surface area contributed by atoms with Gasteiger partial charge in [-0.05, 0) is 36.4 Å². The van der Waals surface area contributed by atoms with Gasteiger partial charge in [0.2, 0.25) is 0 Å². The minimum atomic E-state index is -3.99. The van der Waals surface area contributed by atoms with Gasteiger partial charge in [-0.3, -0.25) is 9.10 Å². The summed E-state index contributed by atoms with van der Waals surface area (Å²) in [6.07, 6.45) is -0.356. The molecule has 0 radical (unpaired) electrons. The standard InChI is InChI=1S/C17H18BrNO6S/c1-24-13-5-8-15(16(11-13)25-2)19(10-9-17(20)21)26(22,23)14-6-3-12(18)4-7-14/h3-8,11H,9-10H2,1-2H3,(H,20,21). The van der Waals surface area contributed by atoms with Crippen molar-refractivity contribution < 1.29 is 27.8 Å². The molecule has 9 heteroatoms. The molecule has 0 atom stereocenters. The molecule has 0 unspecified atom stereocenters. The number of methoxy groups -OCH3 is 2. The van der Waals surface area contributed by atoms with Crippen LogP contribution in [0.3, 0.4) is 0 Å². The highest BCUT2D eigenvalue weighted by Gasteiger charge is 2.28. The van der Waals surface area contributed by atoms with Crippen molar-refractivity contribution in [2.75, 3.05) is 25.1 Å². The van der Waals surface area contributed by atoms with Gasteiger partial charge in [0.15, 0.2) is 0 Å². The minimum absolute atomic E-state index is 0.0453. The largest absolute Gasteiger partial charge is 0.497 e. The molecule has 0 aliphatic carbocycles. The fourth-order valence-electron chi connectivity index (χ4n) is 2.29. The third kappa shape index (κ3) is 4.47. The zero-order valence-electron chi connectivity index (χ0n) is 14.2. The number of carboxylic acid groups (broad SMARTS) is 1. The van der Waals surface area contributed by atoms with E-state index in [-0.39, 0.29) is 29.3 Å². The van der Waals surface area contributed by atoms with Crippen LogP contribution >= 0.6 is 15.9 Å². The number of sulfonamides is 1. The quantitative estimate of drug-likeness (QED) is 0.673. The molecule has 140 valence electrons. The first-order valence-electron chi connectivity index (χ1n) is 7.51. The molecule has 0 fully saturated rings. The summed E-state index contributed by atoms with van der Waals surface area (Å²) in [6.45, 7) is -0.240. The van der Waals surface area contributed by atoms with E-state index in [0.717, 1.165) is 8.78 Å². The lowest BCUT2D eigenvalue weighted by Crippen LogP contribution is -2.33.